The van der Waals surface area contributed by atoms with Crippen molar-refractivity contribution in [3.63, 3.8) is 0 Å². The Bertz CT molecular complexity index is 792. The monoisotopic (exact) mass is 399 g/mol. The van der Waals surface area contributed by atoms with Crippen molar-refractivity contribution in [1.29, 1.82) is 0 Å². The Balaban J connectivity index is 2.44. The van der Waals surface area contributed by atoms with Crippen LogP contribution in [0.1, 0.15) is 5.56 Å². The number of hydrogen-bond donors (Lipinski definition) is 0. The van der Waals surface area contributed by atoms with Gasteiger partial charge in [0, 0.05) is 16.1 Å². The fraction of sp³-hybridized carbons (Fsp3) is 0.250. The van der Waals surface area contributed by atoms with Gasteiger partial charge in [-0.3, -0.25) is 4.31 Å². The van der Waals surface area contributed by atoms with Crippen LogP contribution in [0.5, 0.6) is 11.5 Å². The van der Waals surface area contributed by atoms with Crippen LogP contribution >= 0.6 is 15.9 Å². The summed E-state index contributed by atoms with van der Waals surface area (Å²) in [5, 5.41) is 0. The minimum Gasteiger partial charge on any atom is -0.497 e. The van der Waals surface area contributed by atoms with Crippen LogP contribution in [0, 0.1) is 0 Å². The molecule has 23 heavy (non-hydrogen) atoms. The summed E-state index contributed by atoms with van der Waals surface area (Å²) in [5.74, 6) is 1.23. The number of nitrogens with zero attached hydrogens (tertiary/aromatic N) is 1. The van der Waals surface area contributed by atoms with Crippen LogP contribution in [0.2, 0.25) is 0 Å². The molecule has 0 amide bonds. The van der Waals surface area contributed by atoms with E-state index in [9.17, 15) is 8.42 Å². The first-order valence-corrected chi connectivity index (χ1v) is 9.43. The van der Waals surface area contributed by atoms with Gasteiger partial charge in [-0.15, -0.1) is 0 Å². The maximum Gasteiger partial charge on any atom is 0.232 e. The lowest BCUT2D eigenvalue weighted by Crippen LogP contribution is -2.29. The minimum atomic E-state index is -3.45. The van der Waals surface area contributed by atoms with E-state index in [4.69, 9.17) is 9.47 Å². The standard InChI is InChI=1S/C16H18BrNO4S/c1-21-15-8-7-12(16(10-15)22-2)11-18(23(3,19)20)14-6-4-5-13(17)9-14/h4-10H,11H2,1-3H3. The van der Waals surface area contributed by atoms with Gasteiger partial charge in [0.2, 0.25) is 10.0 Å². The maximum absolute atomic E-state index is 12.2. The van der Waals surface area contributed by atoms with Crippen molar-refractivity contribution in [1.82, 2.24) is 0 Å². The van der Waals surface area contributed by atoms with Gasteiger partial charge in [0.1, 0.15) is 11.5 Å². The molecule has 0 saturated carbocycles. The summed E-state index contributed by atoms with van der Waals surface area (Å²) in [5.41, 5.74) is 1.33. The van der Waals surface area contributed by atoms with Crippen molar-refractivity contribution >= 4 is 31.6 Å². The van der Waals surface area contributed by atoms with Crippen LogP contribution in [-0.2, 0) is 16.6 Å². The molecule has 0 bridgehead atoms. The van der Waals surface area contributed by atoms with E-state index in [0.29, 0.717) is 17.2 Å². The second kappa shape index (κ2) is 7.23. The van der Waals surface area contributed by atoms with Crippen LogP contribution in [0.25, 0.3) is 0 Å². The molecule has 0 aromatic heterocycles. The van der Waals surface area contributed by atoms with Gasteiger partial charge in [-0.2, -0.15) is 0 Å². The second-order valence-electron chi connectivity index (χ2n) is 4.93. The highest BCUT2D eigenvalue weighted by Gasteiger charge is 2.20. The average molecular weight is 400 g/mol. The van der Waals surface area contributed by atoms with Crippen molar-refractivity contribution in [3.05, 3.63) is 52.5 Å². The summed E-state index contributed by atoms with van der Waals surface area (Å²) >= 11 is 3.37. The van der Waals surface area contributed by atoms with Gasteiger partial charge in [-0.1, -0.05) is 22.0 Å². The van der Waals surface area contributed by atoms with Crippen LogP contribution in [0.3, 0.4) is 0 Å². The molecule has 0 fully saturated rings. The van der Waals surface area contributed by atoms with Crippen molar-refractivity contribution < 1.29 is 17.9 Å². The van der Waals surface area contributed by atoms with E-state index in [1.54, 1.807) is 50.6 Å². The number of ether oxygens (including phenoxy) is 2. The molecule has 124 valence electrons. The van der Waals surface area contributed by atoms with Crippen molar-refractivity contribution in [2.24, 2.45) is 0 Å². The van der Waals surface area contributed by atoms with E-state index in [1.807, 2.05) is 6.07 Å². The molecule has 0 saturated heterocycles. The smallest absolute Gasteiger partial charge is 0.232 e. The molecule has 0 radical (unpaired) electrons. The lowest BCUT2D eigenvalue weighted by molar-refractivity contribution is 0.391. The van der Waals surface area contributed by atoms with Gasteiger partial charge in [0.25, 0.3) is 0 Å². The lowest BCUT2D eigenvalue weighted by atomic mass is 10.2. The lowest BCUT2D eigenvalue weighted by Gasteiger charge is -2.24. The van der Waals surface area contributed by atoms with Gasteiger partial charge in [-0.25, -0.2) is 8.42 Å². The van der Waals surface area contributed by atoms with Gasteiger partial charge in [0.15, 0.2) is 0 Å². The van der Waals surface area contributed by atoms with E-state index in [-0.39, 0.29) is 6.54 Å². The first-order chi connectivity index (χ1) is 10.8. The summed E-state index contributed by atoms with van der Waals surface area (Å²) in [7, 11) is -0.336. The SMILES string of the molecule is COc1ccc(CN(c2cccc(Br)c2)S(C)(=O)=O)c(OC)c1. The van der Waals surface area contributed by atoms with Crippen LogP contribution < -0.4 is 13.8 Å². The molecule has 0 N–H and O–H groups in total. The van der Waals surface area contributed by atoms with Gasteiger partial charge in [0.05, 0.1) is 32.7 Å². The highest BCUT2D eigenvalue weighted by Crippen LogP contribution is 2.29. The summed E-state index contributed by atoms with van der Waals surface area (Å²) in [6.45, 7) is 0.169. The predicted octanol–water partition coefficient (Wildman–Crippen LogP) is 3.43. The molecule has 0 aliphatic heterocycles. The van der Waals surface area contributed by atoms with Crippen LogP contribution in [-0.4, -0.2) is 28.9 Å². The number of benzene rings is 2. The fourth-order valence-electron chi connectivity index (χ4n) is 2.17. The molecule has 0 heterocycles. The minimum absolute atomic E-state index is 0.169. The molecule has 0 aliphatic carbocycles. The molecule has 2 aromatic carbocycles. The fourth-order valence-corrected chi connectivity index (χ4v) is 3.43. The molecular weight excluding hydrogens is 382 g/mol. The molecule has 0 unspecified atom stereocenters. The van der Waals surface area contributed by atoms with E-state index < -0.39 is 10.0 Å². The molecule has 0 atom stereocenters. The van der Waals surface area contributed by atoms with Gasteiger partial charge in [-0.05, 0) is 30.3 Å². The molecule has 5 nitrogen and oxygen atoms in total. The zero-order valence-electron chi connectivity index (χ0n) is 13.1. The van der Waals surface area contributed by atoms with E-state index in [2.05, 4.69) is 15.9 Å². The average Bonchev–Trinajstić information content (AvgIpc) is 2.51. The predicted molar refractivity (Wildman–Crippen MR) is 94.7 cm³/mol. The zero-order valence-corrected chi connectivity index (χ0v) is 15.5. The van der Waals surface area contributed by atoms with Gasteiger partial charge < -0.3 is 9.47 Å². The maximum atomic E-state index is 12.2. The van der Waals surface area contributed by atoms with Crippen LogP contribution in [0.15, 0.2) is 46.9 Å². The highest BCUT2D eigenvalue weighted by atomic mass is 79.9. The number of rotatable bonds is 6. The van der Waals surface area contributed by atoms with Crippen molar-refractivity contribution in [2.75, 3.05) is 24.8 Å². The number of anilines is 1. The number of hydrogen-bond acceptors (Lipinski definition) is 4. The number of halogens is 1. The molecule has 2 aromatic rings. The third-order valence-corrected chi connectivity index (χ3v) is 4.94. The zero-order chi connectivity index (χ0) is 17.0. The summed E-state index contributed by atoms with van der Waals surface area (Å²) < 4.78 is 37.1. The van der Waals surface area contributed by atoms with E-state index >= 15 is 0 Å². The largest absolute Gasteiger partial charge is 0.497 e. The van der Waals surface area contributed by atoms with Crippen molar-refractivity contribution in [2.45, 2.75) is 6.54 Å². The third kappa shape index (κ3) is 4.39. The Kier molecular flexibility index (Phi) is 5.54. The van der Waals surface area contributed by atoms with Crippen molar-refractivity contribution in [3.8, 4) is 11.5 Å². The van der Waals surface area contributed by atoms with Crippen LogP contribution in [0.4, 0.5) is 5.69 Å². The highest BCUT2D eigenvalue weighted by molar-refractivity contribution is 9.10. The normalized spacial score (nSPS) is 11.1. The second-order valence-corrected chi connectivity index (χ2v) is 7.75. The Morgan fingerprint density at radius 2 is 1.83 bits per heavy atom. The topological polar surface area (TPSA) is 55.8 Å². The summed E-state index contributed by atoms with van der Waals surface area (Å²) in [4.78, 5) is 0. The van der Waals surface area contributed by atoms with Gasteiger partial charge >= 0.3 is 0 Å². The molecule has 7 heteroatoms. The van der Waals surface area contributed by atoms with E-state index in [1.165, 1.54) is 10.6 Å². The summed E-state index contributed by atoms with van der Waals surface area (Å²) in [6.07, 6.45) is 1.18. The number of sulfonamides is 1. The third-order valence-electron chi connectivity index (χ3n) is 3.30. The summed E-state index contributed by atoms with van der Waals surface area (Å²) in [6, 6.07) is 12.5. The quantitative estimate of drug-likeness (QED) is 0.746. The first-order valence-electron chi connectivity index (χ1n) is 6.79. The first kappa shape index (κ1) is 17.6. The Hall–Kier alpha value is -1.73. The Labute approximate surface area is 145 Å². The van der Waals surface area contributed by atoms with E-state index in [0.717, 1.165) is 10.0 Å². The Morgan fingerprint density at radius 3 is 2.39 bits per heavy atom. The molecular formula is C16H18BrNO4S. The molecule has 0 spiro atoms. The molecule has 0 aliphatic rings. The molecule has 2 rings (SSSR count). The Morgan fingerprint density at radius 1 is 1.09 bits per heavy atom. The number of methoxy groups -OCH3 is 2.